The topological polar surface area (TPSA) is 60.2 Å². The molecule has 0 N–H and O–H groups in total. The van der Waals surface area contributed by atoms with Gasteiger partial charge in [0.2, 0.25) is 6.54 Å². The van der Waals surface area contributed by atoms with Crippen LogP contribution in [0.15, 0.2) is 30.3 Å². The first-order chi connectivity index (χ1) is 8.59. The van der Waals surface area contributed by atoms with E-state index in [1.807, 2.05) is 44.2 Å². The summed E-state index contributed by atoms with van der Waals surface area (Å²) in [6.07, 6.45) is 2.12. The summed E-state index contributed by atoms with van der Waals surface area (Å²) in [5, 5.41) is 10.9. The molecule has 1 aromatic carbocycles. The fourth-order valence-electron chi connectivity index (χ4n) is 2.45. The van der Waals surface area contributed by atoms with Gasteiger partial charge in [-0.1, -0.05) is 44.2 Å². The van der Waals surface area contributed by atoms with Crippen LogP contribution in [0.4, 0.5) is 0 Å². The summed E-state index contributed by atoms with van der Waals surface area (Å²) in [4.78, 5) is 22.0. The van der Waals surface area contributed by atoms with Crippen LogP contribution in [0.2, 0.25) is 0 Å². The minimum atomic E-state index is -0.644. The lowest BCUT2D eigenvalue weighted by Gasteiger charge is -2.32. The van der Waals surface area contributed by atoms with Gasteiger partial charge in [0.1, 0.15) is 6.29 Å². The maximum absolute atomic E-state index is 11.5. The van der Waals surface area contributed by atoms with Gasteiger partial charge >= 0.3 is 0 Å². The average Bonchev–Trinajstić information content (AvgIpc) is 2.40. The monoisotopic (exact) mass is 249 g/mol. The Balaban J connectivity index is 3.19. The van der Waals surface area contributed by atoms with Crippen molar-refractivity contribution in [2.45, 2.75) is 32.6 Å². The Labute approximate surface area is 107 Å². The third kappa shape index (κ3) is 2.94. The van der Waals surface area contributed by atoms with Gasteiger partial charge in [0, 0.05) is 10.3 Å². The highest BCUT2D eigenvalue weighted by molar-refractivity contribution is 5.61. The van der Waals surface area contributed by atoms with Crippen molar-refractivity contribution in [3.63, 3.8) is 0 Å². The van der Waals surface area contributed by atoms with Gasteiger partial charge in [-0.15, -0.1) is 0 Å². The molecule has 1 rings (SSSR count). The molecule has 0 aromatic heterocycles. The van der Waals surface area contributed by atoms with Crippen molar-refractivity contribution in [3.8, 4) is 0 Å². The van der Waals surface area contributed by atoms with Gasteiger partial charge in [-0.05, 0) is 18.4 Å². The smallest absolute Gasteiger partial charge is 0.211 e. The molecule has 1 aromatic rings. The minimum Gasteiger partial charge on any atom is -0.303 e. The third-order valence-corrected chi connectivity index (χ3v) is 3.78. The average molecular weight is 249 g/mol. The Kier molecular flexibility index (Phi) is 5.01. The molecule has 0 aliphatic carbocycles. The van der Waals surface area contributed by atoms with Crippen LogP contribution in [-0.4, -0.2) is 17.8 Å². The largest absolute Gasteiger partial charge is 0.303 e. The lowest BCUT2D eigenvalue weighted by atomic mass is 9.69. The number of carbonyl (C=O) groups is 1. The molecular formula is C14H19NO3. The number of rotatable bonds is 7. The van der Waals surface area contributed by atoms with E-state index in [0.717, 1.165) is 11.8 Å². The van der Waals surface area contributed by atoms with Gasteiger partial charge < -0.3 is 4.79 Å². The zero-order valence-electron chi connectivity index (χ0n) is 10.8. The van der Waals surface area contributed by atoms with Crippen LogP contribution in [0.1, 0.15) is 38.2 Å². The summed E-state index contributed by atoms with van der Waals surface area (Å²) in [6, 6.07) is 9.29. The highest BCUT2D eigenvalue weighted by Gasteiger charge is 2.39. The zero-order valence-corrected chi connectivity index (χ0v) is 10.8. The molecule has 98 valence electrons. The Morgan fingerprint density at radius 1 is 1.28 bits per heavy atom. The second-order valence-electron chi connectivity index (χ2n) is 4.54. The number of hydrogen-bond acceptors (Lipinski definition) is 3. The number of nitro groups is 1. The minimum absolute atomic E-state index is 0.204. The molecule has 0 aliphatic rings. The molecular weight excluding hydrogens is 230 g/mol. The number of nitrogens with zero attached hydrogens (tertiary/aromatic N) is 1. The first-order valence-corrected chi connectivity index (χ1v) is 6.22. The molecule has 0 radical (unpaired) electrons. The van der Waals surface area contributed by atoms with Gasteiger partial charge in [0.25, 0.3) is 0 Å². The van der Waals surface area contributed by atoms with Crippen LogP contribution in [0.5, 0.6) is 0 Å². The lowest BCUT2D eigenvalue weighted by molar-refractivity contribution is -0.486. The van der Waals surface area contributed by atoms with Gasteiger partial charge in [0.05, 0.1) is 5.92 Å². The van der Waals surface area contributed by atoms with Crippen LogP contribution < -0.4 is 0 Å². The summed E-state index contributed by atoms with van der Waals surface area (Å²) in [6.45, 7) is 3.62. The SMILES string of the molecule is CCC(C=O)(CC)[C@@H](C[N+](=O)[O-])c1ccccc1. The van der Waals surface area contributed by atoms with Crippen molar-refractivity contribution in [1.29, 1.82) is 0 Å². The molecule has 0 fully saturated rings. The molecule has 1 atom stereocenters. The molecule has 0 aliphatic heterocycles. The van der Waals surface area contributed by atoms with E-state index in [4.69, 9.17) is 0 Å². The third-order valence-electron chi connectivity index (χ3n) is 3.78. The van der Waals surface area contributed by atoms with Crippen LogP contribution in [0, 0.1) is 15.5 Å². The number of hydrogen-bond donors (Lipinski definition) is 0. The maximum atomic E-state index is 11.5. The van der Waals surface area contributed by atoms with E-state index in [1.54, 1.807) is 0 Å². The van der Waals surface area contributed by atoms with Gasteiger partial charge in [-0.25, -0.2) is 0 Å². The highest BCUT2D eigenvalue weighted by atomic mass is 16.6. The van der Waals surface area contributed by atoms with Crippen LogP contribution in [0.25, 0.3) is 0 Å². The molecule has 4 nitrogen and oxygen atoms in total. The molecule has 0 saturated carbocycles. The van der Waals surface area contributed by atoms with Crippen molar-refractivity contribution in [1.82, 2.24) is 0 Å². The summed E-state index contributed by atoms with van der Waals surface area (Å²) in [7, 11) is 0. The van der Waals surface area contributed by atoms with E-state index in [9.17, 15) is 14.9 Å². The normalized spacial score (nSPS) is 13.0. The molecule has 0 unspecified atom stereocenters. The summed E-state index contributed by atoms with van der Waals surface area (Å²) >= 11 is 0. The molecule has 0 amide bonds. The number of carbonyl (C=O) groups excluding carboxylic acids is 1. The fourth-order valence-corrected chi connectivity index (χ4v) is 2.45. The van der Waals surface area contributed by atoms with Crippen molar-refractivity contribution in [2.75, 3.05) is 6.54 Å². The number of benzene rings is 1. The Morgan fingerprint density at radius 2 is 1.83 bits per heavy atom. The molecule has 0 heterocycles. The Hall–Kier alpha value is -1.71. The van der Waals surface area contributed by atoms with E-state index < -0.39 is 5.41 Å². The van der Waals surface area contributed by atoms with E-state index in [0.29, 0.717) is 12.8 Å². The van der Waals surface area contributed by atoms with E-state index in [-0.39, 0.29) is 17.4 Å². The van der Waals surface area contributed by atoms with Gasteiger partial charge in [0.15, 0.2) is 0 Å². The molecule has 18 heavy (non-hydrogen) atoms. The predicted molar refractivity (Wildman–Crippen MR) is 70.1 cm³/mol. The quantitative estimate of drug-likeness (QED) is 0.424. The Bertz CT molecular complexity index is 399. The second kappa shape index (κ2) is 6.28. The first kappa shape index (κ1) is 14.4. The van der Waals surface area contributed by atoms with E-state index >= 15 is 0 Å². The van der Waals surface area contributed by atoms with Crippen LogP contribution in [0.3, 0.4) is 0 Å². The van der Waals surface area contributed by atoms with E-state index in [2.05, 4.69) is 0 Å². The zero-order chi connectivity index (χ0) is 13.6. The van der Waals surface area contributed by atoms with Crippen molar-refractivity contribution < 1.29 is 9.72 Å². The molecule has 0 spiro atoms. The molecule has 0 bridgehead atoms. The molecule has 0 saturated heterocycles. The van der Waals surface area contributed by atoms with Crippen molar-refractivity contribution in [2.24, 2.45) is 5.41 Å². The van der Waals surface area contributed by atoms with Crippen molar-refractivity contribution in [3.05, 3.63) is 46.0 Å². The summed E-state index contributed by atoms with van der Waals surface area (Å²) in [5.41, 5.74) is 0.221. The summed E-state index contributed by atoms with van der Waals surface area (Å²) in [5.74, 6) is -0.360. The van der Waals surface area contributed by atoms with Crippen LogP contribution >= 0.6 is 0 Å². The predicted octanol–water partition coefficient (Wildman–Crippen LogP) is 3.05. The van der Waals surface area contributed by atoms with Crippen molar-refractivity contribution >= 4 is 6.29 Å². The lowest BCUT2D eigenvalue weighted by Crippen LogP contribution is -2.34. The maximum Gasteiger partial charge on any atom is 0.211 e. The second-order valence-corrected chi connectivity index (χ2v) is 4.54. The van der Waals surface area contributed by atoms with E-state index in [1.165, 1.54) is 0 Å². The Morgan fingerprint density at radius 3 is 2.22 bits per heavy atom. The van der Waals surface area contributed by atoms with Crippen LogP contribution in [-0.2, 0) is 4.79 Å². The summed E-state index contributed by atoms with van der Waals surface area (Å²) < 4.78 is 0. The van der Waals surface area contributed by atoms with Gasteiger partial charge in [-0.2, -0.15) is 0 Å². The molecule has 4 heteroatoms. The standard InChI is InChI=1S/C14H19NO3/c1-3-14(4-2,11-16)13(10-15(17)18)12-8-6-5-7-9-12/h5-9,11,13H,3-4,10H2,1-2H3/t13-/m0/s1. The van der Waals surface area contributed by atoms with Gasteiger partial charge in [-0.3, -0.25) is 10.1 Å². The fraction of sp³-hybridized carbons (Fsp3) is 0.500. The first-order valence-electron chi connectivity index (χ1n) is 6.22. The number of aldehydes is 1. The highest BCUT2D eigenvalue weighted by Crippen LogP contribution is 2.40.